The van der Waals surface area contributed by atoms with E-state index in [1.807, 2.05) is 60.7 Å². The van der Waals surface area contributed by atoms with E-state index in [1.165, 1.54) is 63.6 Å². The van der Waals surface area contributed by atoms with Crippen LogP contribution in [0.15, 0.2) is 164 Å². The summed E-state index contributed by atoms with van der Waals surface area (Å²) in [7, 11) is 0. The van der Waals surface area contributed by atoms with Crippen LogP contribution in [0.1, 0.15) is 0 Å². The van der Waals surface area contributed by atoms with Crippen LogP contribution in [0.5, 0.6) is 0 Å². The number of rotatable bonds is 4. The molecule has 0 spiro atoms. The van der Waals surface area contributed by atoms with Crippen molar-refractivity contribution in [2.75, 3.05) is 0 Å². The predicted octanol–water partition coefficient (Wildman–Crippen LogP) is 12.4. The standard InChI is InChI=1S/C45H27N3S/c1-3-12-28(13-4-1)43-46-44(29-14-5-2-6-15-29)48-45(47-43)39-21-11-20-38-37-25-23-31(27-41(37)49-42(38)39)30-22-24-36-34-18-8-7-16-32(34)33-17-9-10-19-35(33)40(36)26-30/h1-27H. The van der Waals surface area contributed by atoms with E-state index in [2.05, 4.69) is 103 Å². The number of fused-ring (bicyclic) bond motifs is 9. The quantitative estimate of drug-likeness (QED) is 0.180. The van der Waals surface area contributed by atoms with Gasteiger partial charge >= 0.3 is 0 Å². The molecule has 0 radical (unpaired) electrons. The first kappa shape index (κ1) is 27.8. The summed E-state index contributed by atoms with van der Waals surface area (Å²) in [4.78, 5) is 15.0. The highest BCUT2D eigenvalue weighted by Crippen LogP contribution is 2.42. The summed E-state index contributed by atoms with van der Waals surface area (Å²) in [6, 6.07) is 58.1. The van der Waals surface area contributed by atoms with E-state index in [4.69, 9.17) is 15.0 Å². The van der Waals surface area contributed by atoms with Gasteiger partial charge in [-0.05, 0) is 61.6 Å². The van der Waals surface area contributed by atoms with Crippen molar-refractivity contribution < 1.29 is 0 Å². The van der Waals surface area contributed by atoms with E-state index < -0.39 is 0 Å². The normalized spacial score (nSPS) is 11.7. The molecule has 4 heteroatoms. The van der Waals surface area contributed by atoms with Crippen molar-refractivity contribution in [2.45, 2.75) is 0 Å². The van der Waals surface area contributed by atoms with E-state index in [9.17, 15) is 0 Å². The van der Waals surface area contributed by atoms with Gasteiger partial charge < -0.3 is 0 Å². The summed E-state index contributed by atoms with van der Waals surface area (Å²) >= 11 is 1.80. The van der Waals surface area contributed by atoms with E-state index in [0.717, 1.165) is 16.7 Å². The molecule has 0 amide bonds. The summed E-state index contributed by atoms with van der Waals surface area (Å²) in [6.07, 6.45) is 0. The maximum absolute atomic E-state index is 5.04. The van der Waals surface area contributed by atoms with E-state index in [0.29, 0.717) is 17.5 Å². The SMILES string of the molecule is c1ccc(-c2nc(-c3ccccc3)nc(-c3cccc4c3sc3cc(-c5ccc6c7ccccc7c7ccccc7c6c5)ccc34)n2)cc1. The van der Waals surface area contributed by atoms with Crippen LogP contribution in [0.25, 0.3) is 97.8 Å². The number of hydrogen-bond acceptors (Lipinski definition) is 4. The number of benzene rings is 8. The second kappa shape index (κ2) is 11.2. The van der Waals surface area contributed by atoms with Crippen molar-refractivity contribution in [3.63, 3.8) is 0 Å². The van der Waals surface area contributed by atoms with Crippen LogP contribution in [0, 0.1) is 0 Å². The van der Waals surface area contributed by atoms with Crippen LogP contribution in [-0.2, 0) is 0 Å². The second-order valence-electron chi connectivity index (χ2n) is 12.4. The monoisotopic (exact) mass is 641 g/mol. The van der Waals surface area contributed by atoms with Crippen LogP contribution in [-0.4, -0.2) is 15.0 Å². The van der Waals surface area contributed by atoms with Crippen LogP contribution in [0.4, 0.5) is 0 Å². The summed E-state index contributed by atoms with van der Waals surface area (Å²) in [5.74, 6) is 2.02. The molecule has 228 valence electrons. The van der Waals surface area contributed by atoms with Crippen molar-refractivity contribution >= 4 is 63.8 Å². The van der Waals surface area contributed by atoms with Crippen molar-refractivity contribution in [1.29, 1.82) is 0 Å². The molecule has 0 fully saturated rings. The lowest BCUT2D eigenvalue weighted by Gasteiger charge is -2.12. The van der Waals surface area contributed by atoms with Crippen LogP contribution < -0.4 is 0 Å². The molecule has 0 aliphatic heterocycles. The van der Waals surface area contributed by atoms with Gasteiger partial charge in [0.05, 0.1) is 0 Å². The Morgan fingerprint density at radius 3 is 1.39 bits per heavy atom. The molecule has 0 bridgehead atoms. The molecular weight excluding hydrogens is 615 g/mol. The average Bonchev–Trinajstić information content (AvgIpc) is 3.56. The minimum absolute atomic E-state index is 0.668. The van der Waals surface area contributed by atoms with Gasteiger partial charge in [-0.2, -0.15) is 0 Å². The minimum atomic E-state index is 0.668. The Bertz CT molecular complexity index is 2780. The second-order valence-corrected chi connectivity index (χ2v) is 13.4. The first-order valence-corrected chi connectivity index (χ1v) is 17.3. The number of thiophene rings is 1. The maximum Gasteiger partial charge on any atom is 0.165 e. The zero-order valence-corrected chi connectivity index (χ0v) is 27.2. The third-order valence-electron chi connectivity index (χ3n) is 9.52. The number of hydrogen-bond donors (Lipinski definition) is 0. The smallest absolute Gasteiger partial charge is 0.165 e. The largest absolute Gasteiger partial charge is 0.208 e. The van der Waals surface area contributed by atoms with E-state index in [-0.39, 0.29) is 0 Å². The van der Waals surface area contributed by atoms with Crippen LogP contribution in [0.2, 0.25) is 0 Å². The van der Waals surface area contributed by atoms with Gasteiger partial charge in [-0.1, -0.05) is 146 Å². The first-order chi connectivity index (χ1) is 24.3. The third-order valence-corrected chi connectivity index (χ3v) is 10.7. The van der Waals surface area contributed by atoms with Gasteiger partial charge in [-0.25, -0.2) is 15.0 Å². The lowest BCUT2D eigenvalue weighted by atomic mass is 9.92. The molecule has 0 aliphatic rings. The Labute approximate surface area is 286 Å². The van der Waals surface area contributed by atoms with Crippen LogP contribution in [0.3, 0.4) is 0 Å². The van der Waals surface area contributed by atoms with Crippen molar-refractivity contribution in [1.82, 2.24) is 15.0 Å². The van der Waals surface area contributed by atoms with E-state index >= 15 is 0 Å². The Morgan fingerprint density at radius 1 is 0.306 bits per heavy atom. The third kappa shape index (κ3) is 4.61. The zero-order valence-electron chi connectivity index (χ0n) is 26.3. The molecule has 10 aromatic rings. The molecule has 3 nitrogen and oxygen atoms in total. The van der Waals surface area contributed by atoms with Gasteiger partial charge in [-0.3, -0.25) is 0 Å². The average molecular weight is 642 g/mol. The molecule has 8 aromatic carbocycles. The highest BCUT2D eigenvalue weighted by molar-refractivity contribution is 7.26. The first-order valence-electron chi connectivity index (χ1n) is 16.4. The topological polar surface area (TPSA) is 38.7 Å². The summed E-state index contributed by atoms with van der Waals surface area (Å²) in [6.45, 7) is 0. The van der Waals surface area contributed by atoms with Gasteiger partial charge in [0.15, 0.2) is 17.5 Å². The Balaban J connectivity index is 1.14. The highest BCUT2D eigenvalue weighted by atomic mass is 32.1. The summed E-state index contributed by atoms with van der Waals surface area (Å²) in [5, 5.41) is 10.2. The fraction of sp³-hybridized carbons (Fsp3) is 0. The van der Waals surface area contributed by atoms with Crippen LogP contribution >= 0.6 is 11.3 Å². The Morgan fingerprint density at radius 2 is 0.776 bits per heavy atom. The minimum Gasteiger partial charge on any atom is -0.208 e. The van der Waals surface area contributed by atoms with E-state index in [1.54, 1.807) is 11.3 Å². The molecule has 49 heavy (non-hydrogen) atoms. The molecule has 0 aliphatic carbocycles. The summed E-state index contributed by atoms with van der Waals surface area (Å²) < 4.78 is 2.42. The molecule has 10 rings (SSSR count). The molecule has 0 unspecified atom stereocenters. The zero-order chi connectivity index (χ0) is 32.3. The number of aromatic nitrogens is 3. The Hall–Kier alpha value is -6.23. The molecule has 0 saturated carbocycles. The molecule has 2 heterocycles. The van der Waals surface area contributed by atoms with Gasteiger partial charge in [0.2, 0.25) is 0 Å². The molecular formula is C45H27N3S. The molecule has 0 saturated heterocycles. The fourth-order valence-electron chi connectivity index (χ4n) is 7.17. The number of nitrogens with zero attached hydrogens (tertiary/aromatic N) is 3. The fourth-order valence-corrected chi connectivity index (χ4v) is 8.42. The van der Waals surface area contributed by atoms with Gasteiger partial charge in [-0.15, -0.1) is 11.3 Å². The molecule has 0 N–H and O–H groups in total. The Kier molecular flexibility index (Phi) is 6.36. The lowest BCUT2D eigenvalue weighted by molar-refractivity contribution is 1.08. The maximum atomic E-state index is 5.04. The van der Waals surface area contributed by atoms with Gasteiger partial charge in [0.1, 0.15) is 0 Å². The summed E-state index contributed by atoms with van der Waals surface area (Å²) in [5.41, 5.74) is 5.36. The van der Waals surface area contributed by atoms with Crippen molar-refractivity contribution in [2.24, 2.45) is 0 Å². The van der Waals surface area contributed by atoms with Crippen molar-refractivity contribution in [3.8, 4) is 45.3 Å². The lowest BCUT2D eigenvalue weighted by Crippen LogP contribution is -2.00. The predicted molar refractivity (Wildman–Crippen MR) is 207 cm³/mol. The molecule has 0 atom stereocenters. The highest BCUT2D eigenvalue weighted by Gasteiger charge is 2.17. The van der Waals surface area contributed by atoms with Gasteiger partial charge in [0.25, 0.3) is 0 Å². The van der Waals surface area contributed by atoms with Gasteiger partial charge in [0, 0.05) is 36.9 Å². The molecule has 2 aromatic heterocycles. The van der Waals surface area contributed by atoms with Crippen molar-refractivity contribution in [3.05, 3.63) is 164 Å².